The highest BCUT2D eigenvalue weighted by Gasteiger charge is 2.13. The van der Waals surface area contributed by atoms with Crippen LogP contribution in [0.2, 0.25) is 0 Å². The van der Waals surface area contributed by atoms with Crippen molar-refractivity contribution in [3.63, 3.8) is 0 Å². The lowest BCUT2D eigenvalue weighted by Crippen LogP contribution is -2.11. The molecule has 0 bridgehead atoms. The minimum Gasteiger partial charge on any atom is -0.386 e. The molecular formula is C13H16O2S. The minimum atomic E-state index is -0.529. The Morgan fingerprint density at radius 3 is 2.81 bits per heavy atom. The van der Waals surface area contributed by atoms with E-state index in [-0.39, 0.29) is 6.10 Å². The Morgan fingerprint density at radius 1 is 1.31 bits per heavy atom. The van der Waals surface area contributed by atoms with E-state index in [1.54, 1.807) is 11.3 Å². The van der Waals surface area contributed by atoms with E-state index in [1.165, 1.54) is 4.70 Å². The Kier molecular flexibility index (Phi) is 3.59. The van der Waals surface area contributed by atoms with Crippen molar-refractivity contribution >= 4 is 21.4 Å². The SMILES string of the molecule is CC(C)OCC(O)c1csc2ccccc12. The molecule has 3 heteroatoms. The van der Waals surface area contributed by atoms with Crippen LogP contribution in [0.3, 0.4) is 0 Å². The zero-order valence-corrected chi connectivity index (χ0v) is 10.3. The second kappa shape index (κ2) is 4.95. The molecule has 0 radical (unpaired) electrons. The largest absolute Gasteiger partial charge is 0.386 e. The van der Waals surface area contributed by atoms with Crippen molar-refractivity contribution < 1.29 is 9.84 Å². The summed E-state index contributed by atoms with van der Waals surface area (Å²) >= 11 is 1.66. The summed E-state index contributed by atoms with van der Waals surface area (Å²) in [6, 6.07) is 8.12. The van der Waals surface area contributed by atoms with Gasteiger partial charge in [-0.3, -0.25) is 0 Å². The van der Waals surface area contributed by atoms with Gasteiger partial charge in [0.2, 0.25) is 0 Å². The number of hydrogen-bond donors (Lipinski definition) is 1. The molecule has 1 aromatic carbocycles. The van der Waals surface area contributed by atoms with Gasteiger partial charge in [-0.15, -0.1) is 11.3 Å². The van der Waals surface area contributed by atoms with E-state index in [2.05, 4.69) is 6.07 Å². The summed E-state index contributed by atoms with van der Waals surface area (Å²) < 4.78 is 6.64. The maximum atomic E-state index is 10.0. The van der Waals surface area contributed by atoms with Crippen molar-refractivity contribution in [2.45, 2.75) is 26.1 Å². The monoisotopic (exact) mass is 236 g/mol. The number of thiophene rings is 1. The fourth-order valence-electron chi connectivity index (χ4n) is 1.63. The molecule has 1 unspecified atom stereocenters. The molecule has 0 amide bonds. The second-order valence-corrected chi connectivity index (χ2v) is 5.00. The van der Waals surface area contributed by atoms with Gasteiger partial charge in [0.15, 0.2) is 0 Å². The van der Waals surface area contributed by atoms with Crippen LogP contribution >= 0.6 is 11.3 Å². The van der Waals surface area contributed by atoms with Gasteiger partial charge in [0.1, 0.15) is 6.10 Å². The number of aliphatic hydroxyl groups is 1. The van der Waals surface area contributed by atoms with Gasteiger partial charge >= 0.3 is 0 Å². The molecule has 1 N–H and O–H groups in total. The molecule has 2 aromatic rings. The molecule has 16 heavy (non-hydrogen) atoms. The van der Waals surface area contributed by atoms with Crippen LogP contribution in [-0.2, 0) is 4.74 Å². The highest BCUT2D eigenvalue weighted by molar-refractivity contribution is 7.17. The maximum Gasteiger partial charge on any atom is 0.104 e. The lowest BCUT2D eigenvalue weighted by molar-refractivity contribution is 0.00562. The highest BCUT2D eigenvalue weighted by Crippen LogP contribution is 2.30. The first-order chi connectivity index (χ1) is 7.68. The summed E-state index contributed by atoms with van der Waals surface area (Å²) in [7, 11) is 0. The van der Waals surface area contributed by atoms with Crippen molar-refractivity contribution in [1.29, 1.82) is 0 Å². The lowest BCUT2D eigenvalue weighted by Gasteiger charge is -2.12. The fourth-order valence-corrected chi connectivity index (χ4v) is 2.64. The average molecular weight is 236 g/mol. The summed E-state index contributed by atoms with van der Waals surface area (Å²) in [5.74, 6) is 0. The van der Waals surface area contributed by atoms with E-state index in [4.69, 9.17) is 4.74 Å². The Labute approximate surface area is 99.5 Å². The summed E-state index contributed by atoms with van der Waals surface area (Å²) in [6.07, 6.45) is -0.377. The van der Waals surface area contributed by atoms with Gasteiger partial charge in [0.05, 0.1) is 12.7 Å². The average Bonchev–Trinajstić information content (AvgIpc) is 2.69. The van der Waals surface area contributed by atoms with Crippen LogP contribution in [0.15, 0.2) is 29.6 Å². The molecule has 1 atom stereocenters. The molecule has 0 fully saturated rings. The number of benzene rings is 1. The molecule has 1 aromatic heterocycles. The molecule has 0 spiro atoms. The van der Waals surface area contributed by atoms with Crippen molar-refractivity contribution in [2.75, 3.05) is 6.61 Å². The number of fused-ring (bicyclic) bond motifs is 1. The first-order valence-corrected chi connectivity index (χ1v) is 6.32. The Balaban J connectivity index is 2.19. The van der Waals surface area contributed by atoms with E-state index < -0.39 is 6.10 Å². The predicted molar refractivity (Wildman–Crippen MR) is 67.9 cm³/mol. The molecule has 0 aliphatic carbocycles. The molecule has 2 nitrogen and oxygen atoms in total. The topological polar surface area (TPSA) is 29.5 Å². The zero-order valence-electron chi connectivity index (χ0n) is 9.51. The van der Waals surface area contributed by atoms with E-state index in [1.807, 2.05) is 37.4 Å². The van der Waals surface area contributed by atoms with Crippen LogP contribution in [-0.4, -0.2) is 17.8 Å². The number of aliphatic hydroxyl groups excluding tert-OH is 1. The quantitative estimate of drug-likeness (QED) is 0.882. The molecule has 86 valence electrons. The third-order valence-corrected chi connectivity index (χ3v) is 3.44. The summed E-state index contributed by atoms with van der Waals surface area (Å²) in [4.78, 5) is 0. The molecule has 1 heterocycles. The summed E-state index contributed by atoms with van der Waals surface area (Å²) in [6.45, 7) is 4.30. The molecule has 0 aliphatic heterocycles. The molecule has 0 saturated carbocycles. The number of ether oxygens (including phenoxy) is 1. The number of rotatable bonds is 4. The van der Waals surface area contributed by atoms with Crippen molar-refractivity contribution in [3.8, 4) is 0 Å². The van der Waals surface area contributed by atoms with Crippen molar-refractivity contribution in [3.05, 3.63) is 35.2 Å². The van der Waals surface area contributed by atoms with Gasteiger partial charge < -0.3 is 9.84 Å². The second-order valence-electron chi connectivity index (χ2n) is 4.09. The first-order valence-electron chi connectivity index (χ1n) is 5.44. The van der Waals surface area contributed by atoms with Crippen LogP contribution < -0.4 is 0 Å². The molecule has 0 saturated heterocycles. The third-order valence-electron chi connectivity index (χ3n) is 2.46. The Morgan fingerprint density at radius 2 is 2.06 bits per heavy atom. The van der Waals surface area contributed by atoms with Crippen molar-refractivity contribution in [2.24, 2.45) is 0 Å². The van der Waals surface area contributed by atoms with Gasteiger partial charge in [0, 0.05) is 10.3 Å². The van der Waals surface area contributed by atoms with E-state index in [0.29, 0.717) is 6.61 Å². The standard InChI is InChI=1S/C13H16O2S/c1-9(2)15-7-12(14)11-8-16-13-6-4-3-5-10(11)13/h3-6,8-9,12,14H,7H2,1-2H3. The molecular weight excluding hydrogens is 220 g/mol. The normalized spacial score (nSPS) is 13.5. The zero-order chi connectivity index (χ0) is 11.5. The highest BCUT2D eigenvalue weighted by atomic mass is 32.1. The maximum absolute atomic E-state index is 10.0. The first kappa shape index (κ1) is 11.6. The van der Waals surface area contributed by atoms with Crippen LogP contribution in [0.4, 0.5) is 0 Å². The van der Waals surface area contributed by atoms with Gasteiger partial charge in [-0.25, -0.2) is 0 Å². The van der Waals surface area contributed by atoms with Crippen LogP contribution in [0.25, 0.3) is 10.1 Å². The predicted octanol–water partition coefficient (Wildman–Crippen LogP) is 3.36. The van der Waals surface area contributed by atoms with E-state index in [0.717, 1.165) is 10.9 Å². The van der Waals surface area contributed by atoms with Crippen LogP contribution in [0.1, 0.15) is 25.5 Å². The smallest absolute Gasteiger partial charge is 0.104 e. The van der Waals surface area contributed by atoms with Gasteiger partial charge in [-0.1, -0.05) is 18.2 Å². The minimum absolute atomic E-state index is 0.152. The van der Waals surface area contributed by atoms with Crippen LogP contribution in [0.5, 0.6) is 0 Å². The number of hydrogen-bond acceptors (Lipinski definition) is 3. The molecule has 2 rings (SSSR count). The summed E-state index contributed by atoms with van der Waals surface area (Å²) in [5.41, 5.74) is 0.973. The Bertz CT molecular complexity index is 462. The fraction of sp³-hybridized carbons (Fsp3) is 0.385. The van der Waals surface area contributed by atoms with E-state index >= 15 is 0 Å². The van der Waals surface area contributed by atoms with Crippen LogP contribution in [0, 0.1) is 0 Å². The van der Waals surface area contributed by atoms with Gasteiger partial charge in [-0.05, 0) is 30.7 Å². The van der Waals surface area contributed by atoms with Gasteiger partial charge in [0.25, 0.3) is 0 Å². The van der Waals surface area contributed by atoms with Crippen molar-refractivity contribution in [1.82, 2.24) is 0 Å². The van der Waals surface area contributed by atoms with Gasteiger partial charge in [-0.2, -0.15) is 0 Å². The van der Waals surface area contributed by atoms with E-state index in [9.17, 15) is 5.11 Å². The lowest BCUT2D eigenvalue weighted by atomic mass is 10.1. The Hall–Kier alpha value is -0.900. The molecule has 0 aliphatic rings. The summed E-state index contributed by atoms with van der Waals surface area (Å²) in [5, 5.41) is 13.2. The third kappa shape index (κ3) is 2.43.